The standard InChI is InChI=1S/C30H34FN9O4/c1-19(41)29(42)40-7-6-26(24(31)15-40)44-25-4-2-20(12-21(25)13-32)28-34-18-35-30(37-28)36-22-3-5-27(33-14-22)39-10-8-38(9-11-39)23-16-43-17-23/h2-5,12,14,18-19,23-24,26,41H,6-11,15-17H2,1H3,(H,34,35,36,37)/t19-,24-,26-/m0/s1. The van der Waals surface area contributed by atoms with Crippen LogP contribution in [-0.2, 0) is 9.53 Å². The molecular weight excluding hydrogens is 569 g/mol. The number of carbonyl (C=O) groups is 1. The number of rotatable bonds is 8. The molecule has 6 rings (SSSR count). The highest BCUT2D eigenvalue weighted by molar-refractivity contribution is 5.80. The number of nitriles is 1. The number of anilines is 3. The van der Waals surface area contributed by atoms with Crippen molar-refractivity contribution >= 4 is 23.4 Å². The lowest BCUT2D eigenvalue weighted by Gasteiger charge is -2.42. The zero-order valence-electron chi connectivity index (χ0n) is 24.3. The van der Waals surface area contributed by atoms with Gasteiger partial charge in [0.1, 0.15) is 36.2 Å². The number of aliphatic hydroxyl groups excluding tert-OH is 1. The molecule has 0 saturated carbocycles. The first-order chi connectivity index (χ1) is 21.4. The Balaban J connectivity index is 1.07. The van der Waals surface area contributed by atoms with Gasteiger partial charge in [0.15, 0.2) is 12.0 Å². The largest absolute Gasteiger partial charge is 0.486 e. The summed E-state index contributed by atoms with van der Waals surface area (Å²) in [4.78, 5) is 35.7. The third kappa shape index (κ3) is 6.54. The Labute approximate surface area is 254 Å². The number of carbonyl (C=O) groups excluding carboxylic acids is 1. The van der Waals surface area contributed by atoms with Crippen molar-refractivity contribution < 1.29 is 23.8 Å². The van der Waals surface area contributed by atoms with Crippen LogP contribution in [0.15, 0.2) is 42.9 Å². The maximum Gasteiger partial charge on any atom is 0.251 e. The number of nitrogens with one attached hydrogen (secondary N) is 1. The number of aromatic nitrogens is 4. The Kier molecular flexibility index (Phi) is 8.78. The quantitative estimate of drug-likeness (QED) is 0.386. The van der Waals surface area contributed by atoms with E-state index in [0.717, 1.165) is 50.9 Å². The fraction of sp³-hybridized carbons (Fsp3) is 0.467. The number of piperazine rings is 1. The van der Waals surface area contributed by atoms with Crippen molar-refractivity contribution in [2.75, 3.05) is 62.7 Å². The molecule has 0 radical (unpaired) electrons. The number of amides is 1. The zero-order chi connectivity index (χ0) is 30.6. The maximum absolute atomic E-state index is 14.9. The van der Waals surface area contributed by atoms with Crippen LogP contribution in [0.1, 0.15) is 18.9 Å². The van der Waals surface area contributed by atoms with Crippen LogP contribution in [-0.4, -0.2) is 118 Å². The second-order valence-electron chi connectivity index (χ2n) is 11.1. The minimum atomic E-state index is -1.46. The number of benzene rings is 1. The summed E-state index contributed by atoms with van der Waals surface area (Å²) in [6.07, 6.45) is -0.121. The maximum atomic E-state index is 14.9. The van der Waals surface area contributed by atoms with Crippen LogP contribution in [0.5, 0.6) is 5.75 Å². The fourth-order valence-corrected chi connectivity index (χ4v) is 5.52. The number of likely N-dealkylation sites (tertiary alicyclic amines) is 1. The SMILES string of the molecule is C[C@H](O)C(=O)N1CC[C@H](Oc2ccc(-c3ncnc(Nc4ccc(N5CCN(C6COC6)CC5)nc4)n3)cc2C#N)[C@@H](F)C1. The molecule has 0 spiro atoms. The van der Waals surface area contributed by atoms with Gasteiger partial charge in [-0.25, -0.2) is 19.3 Å². The Morgan fingerprint density at radius 3 is 2.64 bits per heavy atom. The van der Waals surface area contributed by atoms with E-state index in [-0.39, 0.29) is 30.8 Å². The fourth-order valence-electron chi connectivity index (χ4n) is 5.52. The monoisotopic (exact) mass is 603 g/mol. The second kappa shape index (κ2) is 13.0. The number of piperidine rings is 1. The minimum absolute atomic E-state index is 0.180. The first kappa shape index (κ1) is 29.6. The van der Waals surface area contributed by atoms with Crippen molar-refractivity contribution in [3.63, 3.8) is 0 Å². The molecule has 2 aromatic heterocycles. The highest BCUT2D eigenvalue weighted by atomic mass is 19.1. The summed E-state index contributed by atoms with van der Waals surface area (Å²) < 4.78 is 26.0. The van der Waals surface area contributed by atoms with E-state index in [4.69, 9.17) is 9.47 Å². The van der Waals surface area contributed by atoms with E-state index < -0.39 is 24.3 Å². The molecule has 3 saturated heterocycles. The van der Waals surface area contributed by atoms with Gasteiger partial charge in [0.05, 0.1) is 43.2 Å². The summed E-state index contributed by atoms with van der Waals surface area (Å²) in [6, 6.07) is 11.4. The van der Waals surface area contributed by atoms with Crippen LogP contribution in [0.3, 0.4) is 0 Å². The van der Waals surface area contributed by atoms with Crippen molar-refractivity contribution in [2.24, 2.45) is 0 Å². The van der Waals surface area contributed by atoms with Crippen molar-refractivity contribution in [2.45, 2.75) is 37.8 Å². The van der Waals surface area contributed by atoms with Crippen LogP contribution in [0, 0.1) is 11.3 Å². The second-order valence-corrected chi connectivity index (χ2v) is 11.1. The molecule has 1 aromatic carbocycles. The van der Waals surface area contributed by atoms with Gasteiger partial charge in [-0.3, -0.25) is 9.69 Å². The van der Waals surface area contributed by atoms with Gasteiger partial charge in [0.25, 0.3) is 5.91 Å². The van der Waals surface area contributed by atoms with Crippen LogP contribution in [0.2, 0.25) is 0 Å². The molecular formula is C30H34FN9O4. The molecule has 0 aliphatic carbocycles. The van der Waals surface area contributed by atoms with Crippen molar-refractivity contribution in [1.82, 2.24) is 29.7 Å². The van der Waals surface area contributed by atoms with Crippen LogP contribution in [0.4, 0.5) is 21.8 Å². The predicted octanol–water partition coefficient (Wildman–Crippen LogP) is 1.77. The molecule has 0 bridgehead atoms. The minimum Gasteiger partial charge on any atom is -0.486 e. The zero-order valence-corrected chi connectivity index (χ0v) is 24.3. The average Bonchev–Trinajstić information content (AvgIpc) is 3.02. The third-order valence-electron chi connectivity index (χ3n) is 8.14. The topological polar surface area (TPSA) is 153 Å². The molecule has 3 aromatic rings. The van der Waals surface area contributed by atoms with Crippen molar-refractivity contribution in [1.29, 1.82) is 5.26 Å². The molecule has 3 aliphatic heterocycles. The predicted molar refractivity (Wildman–Crippen MR) is 158 cm³/mol. The molecule has 44 heavy (non-hydrogen) atoms. The number of nitrogens with zero attached hydrogens (tertiary/aromatic N) is 8. The summed E-state index contributed by atoms with van der Waals surface area (Å²) in [5.74, 6) is 1.30. The smallest absolute Gasteiger partial charge is 0.251 e. The number of ether oxygens (including phenoxy) is 2. The number of hydrogen-bond acceptors (Lipinski definition) is 12. The summed E-state index contributed by atoms with van der Waals surface area (Å²) in [5.41, 5.74) is 1.49. The first-order valence-corrected chi connectivity index (χ1v) is 14.7. The average molecular weight is 604 g/mol. The molecule has 0 unspecified atom stereocenters. The Morgan fingerprint density at radius 1 is 1.16 bits per heavy atom. The summed E-state index contributed by atoms with van der Waals surface area (Å²) in [7, 11) is 0. The Bertz CT molecular complexity index is 1510. The van der Waals surface area contributed by atoms with E-state index in [0.29, 0.717) is 23.4 Å². The number of aliphatic hydroxyl groups is 1. The van der Waals surface area contributed by atoms with Gasteiger partial charge in [-0.05, 0) is 37.3 Å². The molecule has 13 nitrogen and oxygen atoms in total. The van der Waals surface area contributed by atoms with Crippen molar-refractivity contribution in [3.05, 3.63) is 48.4 Å². The van der Waals surface area contributed by atoms with E-state index >= 15 is 0 Å². The van der Waals surface area contributed by atoms with Crippen molar-refractivity contribution in [3.8, 4) is 23.2 Å². The molecule has 3 fully saturated rings. The lowest BCUT2D eigenvalue weighted by molar-refractivity contribution is -0.143. The number of alkyl halides is 1. The Hall–Kier alpha value is -4.45. The van der Waals surface area contributed by atoms with E-state index in [1.54, 1.807) is 24.4 Å². The molecule has 5 heterocycles. The molecule has 2 N–H and O–H groups in total. The molecule has 3 atom stereocenters. The van der Waals surface area contributed by atoms with Gasteiger partial charge in [0, 0.05) is 44.7 Å². The lowest BCUT2D eigenvalue weighted by Crippen LogP contribution is -2.56. The first-order valence-electron chi connectivity index (χ1n) is 14.7. The Morgan fingerprint density at radius 2 is 1.98 bits per heavy atom. The number of hydrogen-bond donors (Lipinski definition) is 2. The van der Waals surface area contributed by atoms with Gasteiger partial charge < -0.3 is 29.7 Å². The molecule has 3 aliphatic rings. The van der Waals surface area contributed by atoms with E-state index in [9.17, 15) is 19.6 Å². The van der Waals surface area contributed by atoms with E-state index in [1.165, 1.54) is 18.2 Å². The van der Waals surface area contributed by atoms with Gasteiger partial charge in [0.2, 0.25) is 5.95 Å². The van der Waals surface area contributed by atoms with Gasteiger partial charge in [-0.15, -0.1) is 0 Å². The van der Waals surface area contributed by atoms with Gasteiger partial charge in [-0.1, -0.05) is 0 Å². The highest BCUT2D eigenvalue weighted by Crippen LogP contribution is 2.29. The number of pyridine rings is 1. The lowest BCUT2D eigenvalue weighted by atomic mass is 10.0. The van der Waals surface area contributed by atoms with Gasteiger partial charge in [-0.2, -0.15) is 10.2 Å². The molecule has 230 valence electrons. The number of halogens is 1. The normalized spacial score (nSPS) is 21.7. The van der Waals surface area contributed by atoms with E-state index in [1.807, 2.05) is 12.1 Å². The summed E-state index contributed by atoms with van der Waals surface area (Å²) in [5, 5.41) is 22.5. The molecule has 1 amide bonds. The summed E-state index contributed by atoms with van der Waals surface area (Å²) >= 11 is 0. The van der Waals surface area contributed by atoms with Gasteiger partial charge >= 0.3 is 0 Å². The van der Waals surface area contributed by atoms with Crippen LogP contribution >= 0.6 is 0 Å². The molecule has 14 heteroatoms. The summed E-state index contributed by atoms with van der Waals surface area (Å²) in [6.45, 7) is 6.90. The van der Waals surface area contributed by atoms with Crippen LogP contribution < -0.4 is 15.0 Å². The van der Waals surface area contributed by atoms with E-state index in [2.05, 4.69) is 41.1 Å². The third-order valence-corrected chi connectivity index (χ3v) is 8.14. The highest BCUT2D eigenvalue weighted by Gasteiger charge is 2.34. The van der Waals surface area contributed by atoms with Crippen LogP contribution in [0.25, 0.3) is 11.4 Å².